The van der Waals surface area contributed by atoms with Crippen LogP contribution in [0.2, 0.25) is 0 Å². The van der Waals surface area contributed by atoms with E-state index in [1.165, 1.54) is 23.3 Å². The second-order valence-electron chi connectivity index (χ2n) is 8.46. The van der Waals surface area contributed by atoms with Crippen molar-refractivity contribution in [2.75, 3.05) is 26.2 Å². The molecule has 29 heavy (non-hydrogen) atoms. The van der Waals surface area contributed by atoms with Gasteiger partial charge in [0.25, 0.3) is 0 Å². The Kier molecular flexibility index (Phi) is 6.14. The van der Waals surface area contributed by atoms with Gasteiger partial charge in [0, 0.05) is 39.6 Å². The van der Waals surface area contributed by atoms with E-state index in [0.717, 1.165) is 58.4 Å². The third kappa shape index (κ3) is 4.61. The summed E-state index contributed by atoms with van der Waals surface area (Å²) in [6, 6.07) is 14.6. The van der Waals surface area contributed by atoms with Crippen molar-refractivity contribution in [1.82, 2.24) is 15.1 Å². The van der Waals surface area contributed by atoms with Gasteiger partial charge in [-0.1, -0.05) is 55.3 Å². The van der Waals surface area contributed by atoms with E-state index in [0.29, 0.717) is 5.92 Å². The summed E-state index contributed by atoms with van der Waals surface area (Å²) in [5.41, 5.74) is 1.34. The van der Waals surface area contributed by atoms with Crippen molar-refractivity contribution in [2.24, 2.45) is 5.92 Å². The molecule has 1 atom stereocenters. The first-order valence-electron chi connectivity index (χ1n) is 10.9. The van der Waals surface area contributed by atoms with E-state index in [-0.39, 0.29) is 17.9 Å². The van der Waals surface area contributed by atoms with Crippen molar-refractivity contribution in [3.8, 4) is 0 Å². The van der Waals surface area contributed by atoms with Crippen molar-refractivity contribution < 1.29 is 9.59 Å². The number of hydrogen-bond acceptors (Lipinski definition) is 3. The quantitative estimate of drug-likeness (QED) is 0.849. The lowest BCUT2D eigenvalue weighted by Gasteiger charge is -2.37. The topological polar surface area (TPSA) is 52.7 Å². The number of benzene rings is 2. The van der Waals surface area contributed by atoms with Gasteiger partial charge >= 0.3 is 0 Å². The first-order valence-corrected chi connectivity index (χ1v) is 10.9. The molecular formula is C24H31N3O2. The van der Waals surface area contributed by atoms with Gasteiger partial charge in [-0.15, -0.1) is 0 Å². The molecule has 2 amide bonds. The summed E-state index contributed by atoms with van der Waals surface area (Å²) >= 11 is 0. The molecule has 4 rings (SSSR count). The summed E-state index contributed by atoms with van der Waals surface area (Å²) < 4.78 is 0. The van der Waals surface area contributed by atoms with Gasteiger partial charge in [0.05, 0.1) is 0 Å². The molecule has 2 aromatic carbocycles. The summed E-state index contributed by atoms with van der Waals surface area (Å²) in [4.78, 5) is 29.2. The molecule has 0 aromatic heterocycles. The molecule has 2 aliphatic rings. The molecule has 5 heteroatoms. The van der Waals surface area contributed by atoms with Gasteiger partial charge in [-0.05, 0) is 35.1 Å². The molecule has 1 aliphatic heterocycles. The molecule has 2 aromatic rings. The van der Waals surface area contributed by atoms with Crippen LogP contribution < -0.4 is 5.32 Å². The average Bonchev–Trinajstić information content (AvgIpc) is 3.27. The van der Waals surface area contributed by atoms with Gasteiger partial charge in [-0.2, -0.15) is 0 Å². The number of amides is 2. The van der Waals surface area contributed by atoms with Crippen molar-refractivity contribution >= 4 is 22.6 Å². The molecule has 1 aliphatic carbocycles. The number of carbonyl (C=O) groups is 2. The first kappa shape index (κ1) is 19.9. The van der Waals surface area contributed by atoms with Crippen molar-refractivity contribution in [3.05, 3.63) is 48.0 Å². The van der Waals surface area contributed by atoms with Crippen LogP contribution in [-0.2, 0) is 16.1 Å². The van der Waals surface area contributed by atoms with Crippen LogP contribution in [-0.4, -0.2) is 53.8 Å². The average molecular weight is 394 g/mol. The number of nitrogens with one attached hydrogen (secondary N) is 1. The Hall–Kier alpha value is -2.40. The van der Waals surface area contributed by atoms with Gasteiger partial charge in [-0.3, -0.25) is 14.5 Å². The third-order valence-electron chi connectivity index (χ3n) is 6.45. The largest absolute Gasteiger partial charge is 0.344 e. The van der Waals surface area contributed by atoms with Crippen LogP contribution >= 0.6 is 0 Å². The number of hydrogen-bond donors (Lipinski definition) is 1. The maximum absolute atomic E-state index is 13.2. The van der Waals surface area contributed by atoms with Crippen LogP contribution in [0.1, 0.15) is 38.2 Å². The molecule has 1 N–H and O–H groups in total. The monoisotopic (exact) mass is 393 g/mol. The van der Waals surface area contributed by atoms with Gasteiger partial charge in [-0.25, -0.2) is 0 Å². The molecule has 1 unspecified atom stereocenters. The highest BCUT2D eigenvalue weighted by Crippen LogP contribution is 2.29. The Morgan fingerprint density at radius 1 is 1.00 bits per heavy atom. The molecule has 2 fully saturated rings. The highest BCUT2D eigenvalue weighted by Gasteiger charge is 2.35. The molecule has 1 saturated heterocycles. The SMILES string of the molecule is CC(=O)NC(C(=O)N1CCN(Cc2cccc3ccccc23)CC1)C1CCCC1. The molecule has 5 nitrogen and oxygen atoms in total. The normalized spacial score (nSPS) is 19.4. The minimum absolute atomic E-state index is 0.107. The van der Waals surface area contributed by atoms with E-state index in [4.69, 9.17) is 0 Å². The molecule has 1 heterocycles. The number of piperazine rings is 1. The van der Waals surface area contributed by atoms with Crippen LogP contribution in [0.5, 0.6) is 0 Å². The van der Waals surface area contributed by atoms with Crippen LogP contribution in [0.25, 0.3) is 10.8 Å². The lowest BCUT2D eigenvalue weighted by molar-refractivity contribution is -0.139. The minimum Gasteiger partial charge on any atom is -0.344 e. The highest BCUT2D eigenvalue weighted by molar-refractivity contribution is 5.87. The second kappa shape index (κ2) is 8.95. The van der Waals surface area contributed by atoms with Crippen LogP contribution in [0.15, 0.2) is 42.5 Å². The van der Waals surface area contributed by atoms with E-state index in [2.05, 4.69) is 52.7 Å². The maximum atomic E-state index is 13.2. The fourth-order valence-corrected chi connectivity index (χ4v) is 4.89. The van der Waals surface area contributed by atoms with Crippen molar-refractivity contribution in [2.45, 2.75) is 45.2 Å². The van der Waals surface area contributed by atoms with Crippen LogP contribution in [0.3, 0.4) is 0 Å². The second-order valence-corrected chi connectivity index (χ2v) is 8.46. The zero-order chi connectivity index (χ0) is 20.2. The summed E-state index contributed by atoms with van der Waals surface area (Å²) in [5.74, 6) is 0.293. The zero-order valence-corrected chi connectivity index (χ0v) is 17.3. The first-order chi connectivity index (χ1) is 14.1. The van der Waals surface area contributed by atoms with Crippen molar-refractivity contribution in [3.63, 3.8) is 0 Å². The number of rotatable bonds is 5. The lowest BCUT2D eigenvalue weighted by atomic mass is 9.96. The predicted octanol–water partition coefficient (Wildman–Crippen LogP) is 3.18. The highest BCUT2D eigenvalue weighted by atomic mass is 16.2. The minimum atomic E-state index is -0.348. The zero-order valence-electron chi connectivity index (χ0n) is 17.3. The van der Waals surface area contributed by atoms with E-state index in [9.17, 15) is 9.59 Å². The number of carbonyl (C=O) groups excluding carboxylic acids is 2. The standard InChI is InChI=1S/C24H31N3O2/c1-18(28)25-23(20-8-2-3-9-20)24(29)27-15-13-26(14-16-27)17-21-11-6-10-19-7-4-5-12-22(19)21/h4-7,10-12,20,23H,2-3,8-9,13-17H2,1H3,(H,25,28). The Labute approximate surface area is 173 Å². The lowest BCUT2D eigenvalue weighted by Crippen LogP contribution is -2.56. The summed E-state index contributed by atoms with van der Waals surface area (Å²) in [5, 5.41) is 5.52. The maximum Gasteiger partial charge on any atom is 0.245 e. The van der Waals surface area contributed by atoms with E-state index < -0.39 is 0 Å². The van der Waals surface area contributed by atoms with Gasteiger partial charge < -0.3 is 10.2 Å². The van der Waals surface area contributed by atoms with Crippen LogP contribution in [0.4, 0.5) is 0 Å². The molecule has 154 valence electrons. The summed E-state index contributed by atoms with van der Waals surface area (Å²) in [6.07, 6.45) is 4.40. The smallest absolute Gasteiger partial charge is 0.245 e. The van der Waals surface area contributed by atoms with Gasteiger partial charge in [0.15, 0.2) is 0 Å². The summed E-state index contributed by atoms with van der Waals surface area (Å²) in [6.45, 7) is 5.61. The van der Waals surface area contributed by atoms with Crippen LogP contribution in [0, 0.1) is 5.92 Å². The Balaban J connectivity index is 1.38. The van der Waals surface area contributed by atoms with E-state index >= 15 is 0 Å². The van der Waals surface area contributed by atoms with Crippen molar-refractivity contribution in [1.29, 1.82) is 0 Å². The van der Waals surface area contributed by atoms with Gasteiger partial charge in [0.1, 0.15) is 6.04 Å². The molecule has 0 spiro atoms. The molecular weight excluding hydrogens is 362 g/mol. The Morgan fingerprint density at radius 2 is 1.69 bits per heavy atom. The fourth-order valence-electron chi connectivity index (χ4n) is 4.89. The Morgan fingerprint density at radius 3 is 2.41 bits per heavy atom. The molecule has 1 saturated carbocycles. The Bertz CT molecular complexity index is 862. The fraction of sp³-hybridized carbons (Fsp3) is 0.500. The number of fused-ring (bicyclic) bond motifs is 1. The predicted molar refractivity (Wildman–Crippen MR) is 115 cm³/mol. The van der Waals surface area contributed by atoms with E-state index in [1.54, 1.807) is 0 Å². The third-order valence-corrected chi connectivity index (χ3v) is 6.45. The molecule has 0 bridgehead atoms. The summed E-state index contributed by atoms with van der Waals surface area (Å²) in [7, 11) is 0. The molecule has 0 radical (unpaired) electrons. The number of nitrogens with zero attached hydrogens (tertiary/aromatic N) is 2. The van der Waals surface area contributed by atoms with Gasteiger partial charge in [0.2, 0.25) is 11.8 Å². The van der Waals surface area contributed by atoms with E-state index in [1.807, 2.05) is 4.90 Å².